The molecule has 1 amide bonds. The van der Waals surface area contributed by atoms with E-state index in [1.807, 2.05) is 43.5 Å². The molecule has 3 nitrogen and oxygen atoms in total. The van der Waals surface area contributed by atoms with Gasteiger partial charge in [-0.2, -0.15) is 0 Å². The Bertz CT molecular complexity index is 409. The van der Waals surface area contributed by atoms with Crippen LogP contribution < -0.4 is 5.73 Å². The lowest BCUT2D eigenvalue weighted by molar-refractivity contribution is -0.130. The smallest absolute Gasteiger partial charge is 0.224 e. The molecule has 0 saturated carbocycles. The molecule has 0 aromatic heterocycles. The molecule has 1 rings (SSSR count). The third kappa shape index (κ3) is 7.88. The van der Waals surface area contributed by atoms with Gasteiger partial charge < -0.3 is 10.6 Å². The number of allylic oxidation sites excluding steroid dienone is 1. The van der Waals surface area contributed by atoms with Gasteiger partial charge in [0.2, 0.25) is 5.91 Å². The highest BCUT2D eigenvalue weighted by molar-refractivity contribution is 5.85. The third-order valence-corrected chi connectivity index (χ3v) is 3.45. The molecule has 0 aliphatic heterocycles. The van der Waals surface area contributed by atoms with Crippen LogP contribution >= 0.6 is 12.4 Å². The van der Waals surface area contributed by atoms with Gasteiger partial charge in [0.25, 0.3) is 0 Å². The van der Waals surface area contributed by atoms with Crippen molar-refractivity contribution in [3.8, 4) is 0 Å². The van der Waals surface area contributed by atoms with E-state index in [9.17, 15) is 4.79 Å². The molecule has 0 aliphatic carbocycles. The van der Waals surface area contributed by atoms with Crippen LogP contribution in [-0.4, -0.2) is 24.4 Å². The van der Waals surface area contributed by atoms with Crippen molar-refractivity contribution >= 4 is 18.3 Å². The van der Waals surface area contributed by atoms with Crippen molar-refractivity contribution < 1.29 is 4.79 Å². The summed E-state index contributed by atoms with van der Waals surface area (Å²) in [7, 11) is 1.85. The second kappa shape index (κ2) is 11.4. The number of carbonyl (C=O) groups is 1. The number of nitrogens with zero attached hydrogens (tertiary/aromatic N) is 1. The van der Waals surface area contributed by atoms with Gasteiger partial charge in [0, 0.05) is 26.1 Å². The second-order valence-electron chi connectivity index (χ2n) is 5.17. The number of amides is 1. The van der Waals surface area contributed by atoms with E-state index < -0.39 is 0 Å². The molecule has 21 heavy (non-hydrogen) atoms. The standard InChI is InChI=1S/C17H26N2O.ClH/c1-3-4-5-6-10-13-19(2)17(20)14-16(18)15-11-8-7-9-12-15;/h3,7-9,11-12,16H,1,4-6,10,13-14,18H2,2H3;1H. The molecule has 0 fully saturated rings. The Morgan fingerprint density at radius 3 is 2.57 bits per heavy atom. The zero-order valence-corrected chi connectivity index (χ0v) is 13.6. The summed E-state index contributed by atoms with van der Waals surface area (Å²) in [6, 6.07) is 9.56. The van der Waals surface area contributed by atoms with E-state index >= 15 is 0 Å². The second-order valence-corrected chi connectivity index (χ2v) is 5.17. The van der Waals surface area contributed by atoms with Gasteiger partial charge in [-0.15, -0.1) is 19.0 Å². The van der Waals surface area contributed by atoms with Crippen molar-refractivity contribution in [3.63, 3.8) is 0 Å². The zero-order chi connectivity index (χ0) is 14.8. The monoisotopic (exact) mass is 310 g/mol. The molecule has 4 heteroatoms. The minimum atomic E-state index is -0.216. The Kier molecular flexibility index (Phi) is 10.6. The van der Waals surface area contributed by atoms with Crippen LogP contribution in [0.15, 0.2) is 43.0 Å². The fourth-order valence-corrected chi connectivity index (χ4v) is 2.10. The molecule has 1 aromatic carbocycles. The predicted octanol–water partition coefficient (Wildman–Crippen LogP) is 3.70. The van der Waals surface area contributed by atoms with Gasteiger partial charge in [0.05, 0.1) is 0 Å². The molecule has 2 N–H and O–H groups in total. The molecule has 0 saturated heterocycles. The van der Waals surface area contributed by atoms with E-state index in [1.54, 1.807) is 4.90 Å². The number of carbonyl (C=O) groups excluding carboxylic acids is 1. The third-order valence-electron chi connectivity index (χ3n) is 3.45. The fraction of sp³-hybridized carbons (Fsp3) is 0.471. The van der Waals surface area contributed by atoms with Crippen molar-refractivity contribution in [2.24, 2.45) is 5.73 Å². The van der Waals surface area contributed by atoms with Crippen LogP contribution in [0.2, 0.25) is 0 Å². The highest BCUT2D eigenvalue weighted by Gasteiger charge is 2.14. The van der Waals surface area contributed by atoms with Gasteiger partial charge in [-0.3, -0.25) is 4.79 Å². The van der Waals surface area contributed by atoms with Crippen molar-refractivity contribution in [3.05, 3.63) is 48.6 Å². The summed E-state index contributed by atoms with van der Waals surface area (Å²) in [5.41, 5.74) is 7.08. The molecule has 0 heterocycles. The average molecular weight is 311 g/mol. The molecule has 1 unspecified atom stereocenters. The Hall–Kier alpha value is -1.32. The molecule has 1 atom stereocenters. The topological polar surface area (TPSA) is 46.3 Å². The SMILES string of the molecule is C=CCCCCCN(C)C(=O)CC(N)c1ccccc1.Cl. The van der Waals surface area contributed by atoms with Crippen molar-refractivity contribution in [1.82, 2.24) is 4.90 Å². The van der Waals surface area contributed by atoms with Crippen LogP contribution in [-0.2, 0) is 4.79 Å². The Labute approximate surface area is 134 Å². The van der Waals surface area contributed by atoms with E-state index in [2.05, 4.69) is 6.58 Å². The van der Waals surface area contributed by atoms with E-state index in [0.717, 1.165) is 37.8 Å². The van der Waals surface area contributed by atoms with E-state index in [4.69, 9.17) is 5.73 Å². The molecule has 0 bridgehead atoms. The van der Waals surface area contributed by atoms with Crippen LogP contribution in [0.1, 0.15) is 43.7 Å². The summed E-state index contributed by atoms with van der Waals surface area (Å²) >= 11 is 0. The Morgan fingerprint density at radius 1 is 1.29 bits per heavy atom. The fourth-order valence-electron chi connectivity index (χ4n) is 2.10. The normalized spacial score (nSPS) is 11.3. The molecule has 118 valence electrons. The number of halogens is 1. The summed E-state index contributed by atoms with van der Waals surface area (Å²) in [6.45, 7) is 4.51. The molecule has 0 radical (unpaired) electrons. The maximum Gasteiger partial charge on any atom is 0.224 e. The molecule has 1 aromatic rings. The van der Waals surface area contributed by atoms with Crippen LogP contribution in [0.25, 0.3) is 0 Å². The number of rotatable bonds is 9. The number of benzene rings is 1. The molecule has 0 spiro atoms. The molecular formula is C17H27ClN2O. The van der Waals surface area contributed by atoms with Gasteiger partial charge in [-0.25, -0.2) is 0 Å². The first-order valence-corrected chi connectivity index (χ1v) is 7.30. The van der Waals surface area contributed by atoms with Crippen LogP contribution in [0.3, 0.4) is 0 Å². The summed E-state index contributed by atoms with van der Waals surface area (Å²) in [5, 5.41) is 0. The molecular weight excluding hydrogens is 284 g/mol. The first-order chi connectivity index (χ1) is 9.65. The quantitative estimate of drug-likeness (QED) is 0.558. The summed E-state index contributed by atoms with van der Waals surface area (Å²) < 4.78 is 0. The predicted molar refractivity (Wildman–Crippen MR) is 91.5 cm³/mol. The zero-order valence-electron chi connectivity index (χ0n) is 12.8. The first kappa shape index (κ1) is 19.7. The van der Waals surface area contributed by atoms with Gasteiger partial charge in [0.15, 0.2) is 0 Å². The lowest BCUT2D eigenvalue weighted by Crippen LogP contribution is -2.30. The highest BCUT2D eigenvalue weighted by atomic mass is 35.5. The molecule has 0 aliphatic rings. The lowest BCUT2D eigenvalue weighted by Gasteiger charge is -2.19. The van der Waals surface area contributed by atoms with Crippen LogP contribution in [0, 0.1) is 0 Å². The van der Waals surface area contributed by atoms with Gasteiger partial charge in [0.1, 0.15) is 0 Å². The Morgan fingerprint density at radius 2 is 1.95 bits per heavy atom. The largest absolute Gasteiger partial charge is 0.346 e. The van der Waals surface area contributed by atoms with Gasteiger partial charge in [-0.1, -0.05) is 42.8 Å². The van der Waals surface area contributed by atoms with Crippen molar-refractivity contribution in [2.45, 2.75) is 38.1 Å². The van der Waals surface area contributed by atoms with Crippen molar-refractivity contribution in [2.75, 3.05) is 13.6 Å². The van der Waals surface area contributed by atoms with Gasteiger partial charge >= 0.3 is 0 Å². The van der Waals surface area contributed by atoms with Gasteiger partial charge in [-0.05, 0) is 24.8 Å². The minimum absolute atomic E-state index is 0. The average Bonchev–Trinajstić information content (AvgIpc) is 2.47. The van der Waals surface area contributed by atoms with Crippen LogP contribution in [0.5, 0.6) is 0 Å². The minimum Gasteiger partial charge on any atom is -0.346 e. The van der Waals surface area contributed by atoms with E-state index in [-0.39, 0.29) is 24.4 Å². The maximum atomic E-state index is 12.1. The number of unbranched alkanes of at least 4 members (excludes halogenated alkanes) is 3. The first-order valence-electron chi connectivity index (χ1n) is 7.30. The summed E-state index contributed by atoms with van der Waals surface area (Å²) in [5.74, 6) is 0.116. The maximum absolute atomic E-state index is 12.1. The summed E-state index contributed by atoms with van der Waals surface area (Å²) in [6.07, 6.45) is 6.68. The lowest BCUT2D eigenvalue weighted by atomic mass is 10.0. The van der Waals surface area contributed by atoms with E-state index in [0.29, 0.717) is 6.42 Å². The van der Waals surface area contributed by atoms with Crippen molar-refractivity contribution in [1.29, 1.82) is 0 Å². The Balaban J connectivity index is 0.00000400. The summed E-state index contributed by atoms with van der Waals surface area (Å²) in [4.78, 5) is 13.9. The van der Waals surface area contributed by atoms with E-state index in [1.165, 1.54) is 0 Å². The number of hydrogen-bond acceptors (Lipinski definition) is 2. The van der Waals surface area contributed by atoms with Crippen LogP contribution in [0.4, 0.5) is 0 Å². The number of hydrogen-bond donors (Lipinski definition) is 1. The highest BCUT2D eigenvalue weighted by Crippen LogP contribution is 2.14. The number of nitrogens with two attached hydrogens (primary N) is 1.